The Morgan fingerprint density at radius 2 is 1.87 bits per heavy atom. The van der Waals surface area contributed by atoms with E-state index in [4.69, 9.17) is 9.15 Å². The highest BCUT2D eigenvalue weighted by molar-refractivity contribution is 5.96. The summed E-state index contributed by atoms with van der Waals surface area (Å²) in [5.74, 6) is 1.98. The van der Waals surface area contributed by atoms with Crippen molar-refractivity contribution in [3.05, 3.63) is 72.8 Å². The lowest BCUT2D eigenvalue weighted by atomic mass is 10.2. The molecule has 0 aliphatic carbocycles. The normalized spacial score (nSPS) is 14.3. The summed E-state index contributed by atoms with van der Waals surface area (Å²) < 4.78 is 13.1. The molecule has 0 spiro atoms. The number of benzene rings is 2. The zero-order chi connectivity index (χ0) is 20.5. The molecule has 3 heterocycles. The van der Waals surface area contributed by atoms with Gasteiger partial charge < -0.3 is 19.0 Å². The lowest BCUT2D eigenvalue weighted by Crippen LogP contribution is -2.49. The van der Waals surface area contributed by atoms with Gasteiger partial charge in [-0.3, -0.25) is 9.36 Å². The summed E-state index contributed by atoms with van der Waals surface area (Å²) in [6.07, 6.45) is 3.73. The van der Waals surface area contributed by atoms with E-state index in [9.17, 15) is 4.79 Å². The molecule has 2 aromatic heterocycles. The number of carbonyl (C=O) groups is 1. The second-order valence-electron chi connectivity index (χ2n) is 7.23. The summed E-state index contributed by atoms with van der Waals surface area (Å²) in [4.78, 5) is 21.5. The number of rotatable bonds is 4. The predicted octanol–water partition coefficient (Wildman–Crippen LogP) is 3.59. The molecule has 152 valence electrons. The van der Waals surface area contributed by atoms with Crippen LogP contribution in [-0.4, -0.2) is 53.6 Å². The molecule has 0 atom stereocenters. The van der Waals surface area contributed by atoms with Gasteiger partial charge in [-0.25, -0.2) is 4.98 Å². The molecule has 30 heavy (non-hydrogen) atoms. The molecule has 0 radical (unpaired) electrons. The summed E-state index contributed by atoms with van der Waals surface area (Å²) in [5.41, 5.74) is 1.72. The average Bonchev–Trinajstić information content (AvgIpc) is 3.46. The Morgan fingerprint density at radius 3 is 2.67 bits per heavy atom. The Bertz CT molecular complexity index is 1150. The molecule has 2 aromatic carbocycles. The van der Waals surface area contributed by atoms with Crippen molar-refractivity contribution in [2.75, 3.05) is 38.2 Å². The van der Waals surface area contributed by atoms with Gasteiger partial charge >= 0.3 is 0 Å². The van der Waals surface area contributed by atoms with Crippen LogP contribution in [-0.2, 0) is 0 Å². The lowest BCUT2D eigenvalue weighted by Gasteiger charge is -2.35. The van der Waals surface area contributed by atoms with E-state index in [0.29, 0.717) is 31.9 Å². The molecule has 7 nitrogen and oxygen atoms in total. The van der Waals surface area contributed by atoms with Crippen LogP contribution >= 0.6 is 0 Å². The molecule has 0 bridgehead atoms. The smallest absolute Gasteiger partial charge is 0.289 e. The third kappa shape index (κ3) is 3.28. The van der Waals surface area contributed by atoms with Crippen molar-refractivity contribution in [2.24, 2.45) is 0 Å². The van der Waals surface area contributed by atoms with E-state index in [1.807, 2.05) is 70.3 Å². The molecule has 4 aromatic rings. The van der Waals surface area contributed by atoms with Gasteiger partial charge in [-0.05, 0) is 24.3 Å². The van der Waals surface area contributed by atoms with Crippen LogP contribution in [0.1, 0.15) is 10.6 Å². The van der Waals surface area contributed by atoms with Crippen LogP contribution in [0.3, 0.4) is 0 Å². The molecule has 0 saturated carbocycles. The Kier molecular flexibility index (Phi) is 4.63. The maximum atomic E-state index is 12.9. The van der Waals surface area contributed by atoms with Gasteiger partial charge in [-0.15, -0.1) is 0 Å². The number of ether oxygens (including phenoxy) is 1. The number of piperazine rings is 1. The van der Waals surface area contributed by atoms with Gasteiger partial charge in [0.1, 0.15) is 11.3 Å². The van der Waals surface area contributed by atoms with E-state index >= 15 is 0 Å². The Morgan fingerprint density at radius 1 is 1.03 bits per heavy atom. The number of aromatic nitrogens is 2. The van der Waals surface area contributed by atoms with Gasteiger partial charge in [0.2, 0.25) is 5.95 Å². The molecular formula is C23H22N4O3. The molecule has 1 fully saturated rings. The topological polar surface area (TPSA) is 63.7 Å². The number of furan rings is 1. The Hall–Kier alpha value is -3.74. The molecule has 1 saturated heterocycles. The van der Waals surface area contributed by atoms with E-state index < -0.39 is 0 Å². The van der Waals surface area contributed by atoms with Crippen molar-refractivity contribution in [3.63, 3.8) is 0 Å². The van der Waals surface area contributed by atoms with Crippen LogP contribution < -0.4 is 9.64 Å². The van der Waals surface area contributed by atoms with Gasteiger partial charge in [0.05, 0.1) is 12.8 Å². The molecule has 0 unspecified atom stereocenters. The number of imidazole rings is 1. The number of amides is 1. The van der Waals surface area contributed by atoms with Crippen LogP contribution in [0.15, 0.2) is 71.4 Å². The number of carbonyl (C=O) groups excluding carboxylic acids is 1. The van der Waals surface area contributed by atoms with Gasteiger partial charge in [0.15, 0.2) is 5.76 Å². The van der Waals surface area contributed by atoms with E-state index in [1.54, 1.807) is 13.3 Å². The van der Waals surface area contributed by atoms with Crippen molar-refractivity contribution in [3.8, 4) is 11.4 Å². The first-order valence-corrected chi connectivity index (χ1v) is 9.93. The predicted molar refractivity (Wildman–Crippen MR) is 114 cm³/mol. The van der Waals surface area contributed by atoms with Crippen molar-refractivity contribution in [2.45, 2.75) is 0 Å². The van der Waals surface area contributed by atoms with Gasteiger partial charge in [-0.2, -0.15) is 0 Å². The minimum atomic E-state index is -0.0676. The number of methoxy groups -OCH3 is 1. The summed E-state index contributed by atoms with van der Waals surface area (Å²) >= 11 is 0. The van der Waals surface area contributed by atoms with Crippen LogP contribution in [0.25, 0.3) is 16.7 Å². The number of fused-ring (bicyclic) bond motifs is 1. The molecule has 1 aliphatic heterocycles. The molecule has 7 heteroatoms. The summed E-state index contributed by atoms with van der Waals surface area (Å²) in [6, 6.07) is 17.4. The minimum absolute atomic E-state index is 0.0676. The highest BCUT2D eigenvalue weighted by Crippen LogP contribution is 2.24. The molecule has 5 rings (SSSR count). The zero-order valence-corrected chi connectivity index (χ0v) is 16.7. The third-order valence-electron chi connectivity index (χ3n) is 5.44. The fraction of sp³-hybridized carbons (Fsp3) is 0.217. The first kappa shape index (κ1) is 18.3. The Labute approximate surface area is 174 Å². The van der Waals surface area contributed by atoms with Crippen LogP contribution in [0.4, 0.5) is 5.95 Å². The average molecular weight is 402 g/mol. The Balaban J connectivity index is 1.31. The van der Waals surface area contributed by atoms with E-state index in [0.717, 1.165) is 28.4 Å². The lowest BCUT2D eigenvalue weighted by molar-refractivity contribution is 0.0716. The monoisotopic (exact) mass is 402 g/mol. The van der Waals surface area contributed by atoms with Crippen LogP contribution in [0, 0.1) is 0 Å². The number of hydrogen-bond donors (Lipinski definition) is 0. The molecule has 1 aliphatic rings. The van der Waals surface area contributed by atoms with Crippen molar-refractivity contribution in [1.29, 1.82) is 0 Å². The molecular weight excluding hydrogens is 380 g/mol. The van der Waals surface area contributed by atoms with Crippen molar-refractivity contribution < 1.29 is 13.9 Å². The highest BCUT2D eigenvalue weighted by Gasteiger charge is 2.26. The summed E-state index contributed by atoms with van der Waals surface area (Å²) in [5, 5.41) is 0.944. The molecule has 1 amide bonds. The van der Waals surface area contributed by atoms with Gasteiger partial charge in [0, 0.05) is 50.0 Å². The third-order valence-corrected chi connectivity index (χ3v) is 5.44. The number of para-hydroxylation sites is 1. The SMILES string of the molecule is COc1cccc(-n2ccnc2N2CCN(C(=O)c3cc4ccccc4o3)CC2)c1. The van der Waals surface area contributed by atoms with Crippen molar-refractivity contribution >= 4 is 22.8 Å². The molecule has 0 N–H and O–H groups in total. The number of nitrogens with zero attached hydrogens (tertiary/aromatic N) is 4. The quantitative estimate of drug-likeness (QED) is 0.522. The maximum absolute atomic E-state index is 12.9. The first-order chi connectivity index (χ1) is 14.7. The first-order valence-electron chi connectivity index (χ1n) is 9.93. The summed E-state index contributed by atoms with van der Waals surface area (Å²) in [6.45, 7) is 2.63. The zero-order valence-electron chi connectivity index (χ0n) is 16.7. The highest BCUT2D eigenvalue weighted by atomic mass is 16.5. The second kappa shape index (κ2) is 7.59. The van der Waals surface area contributed by atoms with Crippen molar-refractivity contribution in [1.82, 2.24) is 14.5 Å². The maximum Gasteiger partial charge on any atom is 0.289 e. The minimum Gasteiger partial charge on any atom is -0.497 e. The van der Waals surface area contributed by atoms with Crippen LogP contribution in [0.5, 0.6) is 5.75 Å². The van der Waals surface area contributed by atoms with E-state index in [1.165, 1.54) is 0 Å². The van der Waals surface area contributed by atoms with Gasteiger partial charge in [0.25, 0.3) is 5.91 Å². The van der Waals surface area contributed by atoms with Gasteiger partial charge in [-0.1, -0.05) is 24.3 Å². The second-order valence-corrected chi connectivity index (χ2v) is 7.23. The largest absolute Gasteiger partial charge is 0.497 e. The fourth-order valence-electron chi connectivity index (χ4n) is 3.84. The van der Waals surface area contributed by atoms with E-state index in [-0.39, 0.29) is 5.91 Å². The standard InChI is InChI=1S/C23H22N4O3/c1-29-19-7-4-6-18(16-19)27-10-9-24-23(27)26-13-11-25(12-14-26)22(28)21-15-17-5-2-3-8-20(17)30-21/h2-10,15-16H,11-14H2,1H3. The fourth-order valence-corrected chi connectivity index (χ4v) is 3.84. The van der Waals surface area contributed by atoms with Crippen LogP contribution in [0.2, 0.25) is 0 Å². The summed E-state index contributed by atoms with van der Waals surface area (Å²) in [7, 11) is 1.66. The van der Waals surface area contributed by atoms with E-state index in [2.05, 4.69) is 9.88 Å². The number of hydrogen-bond acceptors (Lipinski definition) is 5. The number of anilines is 1.